The molecule has 6 nitrogen and oxygen atoms in total. The van der Waals surface area contributed by atoms with Gasteiger partial charge in [0.05, 0.1) is 38.1 Å². The van der Waals surface area contributed by atoms with Crippen LogP contribution in [0.25, 0.3) is 0 Å². The Labute approximate surface area is 199 Å². The molecule has 2 fully saturated rings. The van der Waals surface area contributed by atoms with Crippen molar-refractivity contribution in [3.63, 3.8) is 0 Å². The van der Waals surface area contributed by atoms with Crippen LogP contribution in [0.1, 0.15) is 59.9 Å². The molecule has 1 aromatic carbocycles. The van der Waals surface area contributed by atoms with Crippen molar-refractivity contribution in [2.75, 3.05) is 20.3 Å². The fourth-order valence-electron chi connectivity index (χ4n) is 4.98. The minimum atomic E-state index is -0.653. The van der Waals surface area contributed by atoms with Crippen LogP contribution in [0.15, 0.2) is 30.3 Å². The van der Waals surface area contributed by atoms with E-state index in [1.54, 1.807) is 7.11 Å². The van der Waals surface area contributed by atoms with Gasteiger partial charge in [-0.15, -0.1) is 0 Å². The summed E-state index contributed by atoms with van der Waals surface area (Å²) in [7, 11) is 1.67. The Morgan fingerprint density at radius 2 is 1.70 bits per heavy atom. The maximum Gasteiger partial charge on any atom is 0.165 e. The smallest absolute Gasteiger partial charge is 0.165 e. The largest absolute Gasteiger partial charge is 0.393 e. The van der Waals surface area contributed by atoms with Crippen molar-refractivity contribution in [3.8, 4) is 0 Å². The lowest BCUT2D eigenvalue weighted by atomic mass is 9.78. The molecule has 188 valence electrons. The monoisotopic (exact) mass is 464 g/mol. The maximum atomic E-state index is 11.1. The quantitative estimate of drug-likeness (QED) is 0.567. The summed E-state index contributed by atoms with van der Waals surface area (Å²) in [5.74, 6) is -0.546. The van der Waals surface area contributed by atoms with Crippen molar-refractivity contribution in [2.45, 2.75) is 91.4 Å². The van der Waals surface area contributed by atoms with E-state index in [4.69, 9.17) is 23.7 Å². The van der Waals surface area contributed by atoms with Crippen LogP contribution in [-0.4, -0.2) is 55.8 Å². The van der Waals surface area contributed by atoms with E-state index in [0.717, 1.165) is 5.56 Å². The Morgan fingerprint density at radius 3 is 2.30 bits per heavy atom. The molecule has 0 aromatic heterocycles. The molecule has 2 saturated heterocycles. The number of ether oxygens (including phenoxy) is 5. The molecule has 33 heavy (non-hydrogen) atoms. The minimum absolute atomic E-state index is 0.0252. The van der Waals surface area contributed by atoms with E-state index in [2.05, 4.69) is 46.8 Å². The first-order valence-electron chi connectivity index (χ1n) is 12.3. The number of benzene rings is 1. The van der Waals surface area contributed by atoms with Crippen molar-refractivity contribution in [3.05, 3.63) is 35.9 Å². The van der Waals surface area contributed by atoms with Crippen molar-refractivity contribution < 1.29 is 28.8 Å². The highest BCUT2D eigenvalue weighted by Crippen LogP contribution is 2.39. The van der Waals surface area contributed by atoms with Crippen molar-refractivity contribution >= 4 is 0 Å². The van der Waals surface area contributed by atoms with Gasteiger partial charge >= 0.3 is 0 Å². The third-order valence-corrected chi connectivity index (χ3v) is 7.35. The highest BCUT2D eigenvalue weighted by molar-refractivity contribution is 5.13. The zero-order valence-electron chi connectivity index (χ0n) is 21.5. The van der Waals surface area contributed by atoms with Gasteiger partial charge in [0.2, 0.25) is 0 Å². The number of aliphatic hydroxyl groups is 1. The van der Waals surface area contributed by atoms with Crippen LogP contribution < -0.4 is 0 Å². The molecule has 1 N–H and O–H groups in total. The van der Waals surface area contributed by atoms with E-state index < -0.39 is 11.9 Å². The molecule has 6 heteroatoms. The van der Waals surface area contributed by atoms with Crippen molar-refractivity contribution in [2.24, 2.45) is 23.2 Å². The van der Waals surface area contributed by atoms with Crippen LogP contribution >= 0.6 is 0 Å². The second kappa shape index (κ2) is 11.1. The van der Waals surface area contributed by atoms with Crippen LogP contribution in [0.2, 0.25) is 0 Å². The molecule has 0 saturated carbocycles. The molecular formula is C27H44O6. The molecule has 2 aliphatic heterocycles. The molecule has 3 rings (SSSR count). The van der Waals surface area contributed by atoms with Gasteiger partial charge in [0, 0.05) is 36.7 Å². The molecule has 0 bridgehead atoms. The van der Waals surface area contributed by atoms with Gasteiger partial charge in [-0.2, -0.15) is 0 Å². The highest BCUT2D eigenvalue weighted by Gasteiger charge is 2.46. The zero-order chi connectivity index (χ0) is 24.2. The Morgan fingerprint density at radius 1 is 1.06 bits per heavy atom. The lowest BCUT2D eigenvalue weighted by molar-refractivity contribution is -0.296. The summed E-state index contributed by atoms with van der Waals surface area (Å²) in [5, 5.41) is 11.1. The van der Waals surface area contributed by atoms with E-state index in [1.807, 2.05) is 25.1 Å². The number of rotatable bonds is 9. The molecule has 0 aliphatic carbocycles. The van der Waals surface area contributed by atoms with Gasteiger partial charge in [-0.05, 0) is 18.9 Å². The predicted molar refractivity (Wildman–Crippen MR) is 128 cm³/mol. The van der Waals surface area contributed by atoms with E-state index in [-0.39, 0.29) is 41.7 Å². The second-order valence-corrected chi connectivity index (χ2v) is 11.0. The SMILES string of the molecule is CO[C@@H]1O[C@@H]([C@H](C)[C@@H](O)CCC2(C)OCC(C)(C)CO2)[C@H](C)[C@H](OCc2ccccc2)[C@@H]1C. The first-order chi connectivity index (χ1) is 15.6. The van der Waals surface area contributed by atoms with Gasteiger partial charge in [0.1, 0.15) is 0 Å². The summed E-state index contributed by atoms with van der Waals surface area (Å²) < 4.78 is 30.4. The summed E-state index contributed by atoms with van der Waals surface area (Å²) in [4.78, 5) is 0. The normalized spacial score (nSPS) is 33.4. The summed E-state index contributed by atoms with van der Waals surface area (Å²) in [6.45, 7) is 14.4. The summed E-state index contributed by atoms with van der Waals surface area (Å²) >= 11 is 0. The maximum absolute atomic E-state index is 11.1. The first kappa shape index (κ1) is 26.6. The molecule has 1 aromatic rings. The van der Waals surface area contributed by atoms with Gasteiger partial charge in [-0.1, -0.05) is 65.0 Å². The van der Waals surface area contributed by atoms with Gasteiger partial charge in [0.25, 0.3) is 0 Å². The van der Waals surface area contributed by atoms with Gasteiger partial charge in [0.15, 0.2) is 12.1 Å². The van der Waals surface area contributed by atoms with Crippen molar-refractivity contribution in [1.29, 1.82) is 0 Å². The summed E-state index contributed by atoms with van der Waals surface area (Å²) in [5.41, 5.74) is 1.17. The standard InChI is InChI=1S/C27H44O6/c1-18(22(28)13-14-27(6)31-16-26(4,5)17-32-27)24-19(2)23(20(3)25(29-7)33-24)30-15-21-11-9-8-10-12-21/h8-12,18-20,22-25,28H,13-17H2,1-7H3/t18-,19-,20+,22+,23+,24+,25-/m1/s1. The molecule has 0 amide bonds. The fourth-order valence-corrected chi connectivity index (χ4v) is 4.98. The topological polar surface area (TPSA) is 66.4 Å². The summed E-state index contributed by atoms with van der Waals surface area (Å²) in [6.07, 6.45) is 0.0832. The van der Waals surface area contributed by atoms with Crippen LogP contribution in [0.3, 0.4) is 0 Å². The molecule has 0 spiro atoms. The minimum Gasteiger partial charge on any atom is -0.393 e. The van der Waals surface area contributed by atoms with Crippen LogP contribution in [-0.2, 0) is 30.3 Å². The number of aliphatic hydroxyl groups excluding tert-OH is 1. The number of hydrogen-bond donors (Lipinski definition) is 1. The molecular weight excluding hydrogens is 420 g/mol. The third kappa shape index (κ3) is 6.77. The lowest BCUT2D eigenvalue weighted by Crippen LogP contribution is -2.54. The molecule has 2 heterocycles. The predicted octanol–water partition coefficient (Wildman–Crippen LogP) is 4.78. The molecule has 0 unspecified atom stereocenters. The summed E-state index contributed by atoms with van der Waals surface area (Å²) in [6, 6.07) is 10.2. The van der Waals surface area contributed by atoms with Crippen LogP contribution in [0.5, 0.6) is 0 Å². The number of hydrogen-bond acceptors (Lipinski definition) is 6. The first-order valence-corrected chi connectivity index (χ1v) is 12.3. The zero-order valence-corrected chi connectivity index (χ0v) is 21.5. The third-order valence-electron chi connectivity index (χ3n) is 7.35. The van der Waals surface area contributed by atoms with E-state index in [0.29, 0.717) is 32.7 Å². The van der Waals surface area contributed by atoms with E-state index >= 15 is 0 Å². The average Bonchev–Trinajstić information content (AvgIpc) is 2.80. The molecule has 0 radical (unpaired) electrons. The Balaban J connectivity index is 1.60. The van der Waals surface area contributed by atoms with Gasteiger partial charge in [-0.25, -0.2) is 0 Å². The lowest BCUT2D eigenvalue weighted by Gasteiger charge is -2.47. The average molecular weight is 465 g/mol. The van der Waals surface area contributed by atoms with Gasteiger partial charge < -0.3 is 28.8 Å². The van der Waals surface area contributed by atoms with Gasteiger partial charge in [-0.3, -0.25) is 0 Å². The van der Waals surface area contributed by atoms with Crippen molar-refractivity contribution in [1.82, 2.24) is 0 Å². The number of methoxy groups -OCH3 is 1. The van der Waals surface area contributed by atoms with E-state index in [1.165, 1.54) is 0 Å². The van der Waals surface area contributed by atoms with E-state index in [9.17, 15) is 5.11 Å². The highest BCUT2D eigenvalue weighted by atomic mass is 16.7. The van der Waals surface area contributed by atoms with Crippen LogP contribution in [0.4, 0.5) is 0 Å². The molecule has 2 aliphatic rings. The second-order valence-electron chi connectivity index (χ2n) is 11.0. The molecule has 7 atom stereocenters. The van der Waals surface area contributed by atoms with Crippen LogP contribution in [0, 0.1) is 23.2 Å². The Kier molecular flexibility index (Phi) is 8.98. The Hall–Kier alpha value is -1.02. The Bertz CT molecular complexity index is 713. The fraction of sp³-hybridized carbons (Fsp3) is 0.778.